The van der Waals surface area contributed by atoms with Gasteiger partial charge in [0.05, 0.1) is 36.5 Å². The predicted octanol–water partition coefficient (Wildman–Crippen LogP) is 2.36. The lowest BCUT2D eigenvalue weighted by molar-refractivity contribution is -0.208. The topological polar surface area (TPSA) is 171 Å². The summed E-state index contributed by atoms with van der Waals surface area (Å²) in [6, 6.07) is -0.0120. The van der Waals surface area contributed by atoms with E-state index in [4.69, 9.17) is 28.4 Å². The lowest BCUT2D eigenvalue weighted by Crippen LogP contribution is -2.58. The third kappa shape index (κ3) is 7.81. The van der Waals surface area contributed by atoms with Gasteiger partial charge in [-0.15, -0.1) is 22.0 Å². The van der Waals surface area contributed by atoms with Crippen LogP contribution in [-0.2, 0) is 38.0 Å². The van der Waals surface area contributed by atoms with E-state index >= 15 is 0 Å². The summed E-state index contributed by atoms with van der Waals surface area (Å²) in [7, 11) is 1.40. The molecule has 1 N–H and O–H groups in total. The molecule has 5 heterocycles. The minimum Gasteiger partial charge on any atom is -0.463 e. The molecule has 8 unspecified atom stereocenters. The number of rotatable bonds is 10. The molecular formula is C31H37F3N6O9S. The largest absolute Gasteiger partial charge is 0.463 e. The van der Waals surface area contributed by atoms with Crippen LogP contribution < -0.4 is 0 Å². The van der Waals surface area contributed by atoms with E-state index < -0.39 is 76.6 Å². The van der Waals surface area contributed by atoms with Gasteiger partial charge in [0, 0.05) is 51.8 Å². The number of hydrogen-bond acceptors (Lipinski definition) is 14. The molecule has 3 aliphatic rings. The van der Waals surface area contributed by atoms with E-state index in [0.29, 0.717) is 13.2 Å². The zero-order valence-electron chi connectivity index (χ0n) is 27.4. The molecule has 15 nitrogen and oxygen atoms in total. The minimum atomic E-state index is -1.63. The van der Waals surface area contributed by atoms with Crippen LogP contribution in [0.15, 0.2) is 24.5 Å². The average molecular weight is 727 g/mol. The summed E-state index contributed by atoms with van der Waals surface area (Å²) in [5.74, 6) is -5.55. The molecule has 2 aromatic heterocycles. The van der Waals surface area contributed by atoms with E-state index in [9.17, 15) is 27.9 Å². The maximum Gasteiger partial charge on any atom is 0.303 e. The van der Waals surface area contributed by atoms with E-state index in [0.717, 1.165) is 30.7 Å². The first-order valence-electron chi connectivity index (χ1n) is 16.0. The van der Waals surface area contributed by atoms with Crippen LogP contribution in [0.4, 0.5) is 13.2 Å². The van der Waals surface area contributed by atoms with Gasteiger partial charge in [0.15, 0.2) is 23.6 Å². The van der Waals surface area contributed by atoms with Crippen molar-refractivity contribution >= 4 is 23.7 Å². The first kappa shape index (κ1) is 36.2. The van der Waals surface area contributed by atoms with Gasteiger partial charge in [-0.1, -0.05) is 10.4 Å². The monoisotopic (exact) mass is 726 g/mol. The quantitative estimate of drug-likeness (QED) is 0.239. The number of aliphatic hydroxyl groups is 1. The average Bonchev–Trinajstić information content (AvgIpc) is 3.79. The third-order valence-corrected chi connectivity index (χ3v) is 10.3. The van der Waals surface area contributed by atoms with E-state index in [1.54, 1.807) is 4.68 Å². The van der Waals surface area contributed by atoms with Gasteiger partial charge in [-0.05, 0) is 25.0 Å². The van der Waals surface area contributed by atoms with Crippen LogP contribution in [-0.4, -0.2) is 122 Å². The summed E-state index contributed by atoms with van der Waals surface area (Å²) in [4.78, 5) is 24.2. The standard InChI is InChI=1S/C31H37F3N6O9S/c1-15(41)47-13-24-29(48-16(2)42)27(40-11-22(36-38-40)18-8-19(32)26(34)20(33)9-18)30(44-3)31(49-24)50-25-14-46-12-23(28(25)43)39-10-21(35-37-39)17-4-6-45-7-5-17/h8-11,17,23-25,27-31,43H,4-7,12-14H2,1-3H3. The van der Waals surface area contributed by atoms with E-state index in [2.05, 4.69) is 20.6 Å². The number of nitrogens with zero attached hydrogens (tertiary/aromatic N) is 6. The van der Waals surface area contributed by atoms with Crippen molar-refractivity contribution in [3.63, 3.8) is 0 Å². The summed E-state index contributed by atoms with van der Waals surface area (Å²) in [6.45, 7) is 3.69. The number of carbonyl (C=O) groups is 2. The lowest BCUT2D eigenvalue weighted by Gasteiger charge is -2.46. The Bertz CT molecular complexity index is 1640. The molecular weight excluding hydrogens is 689 g/mol. The van der Waals surface area contributed by atoms with Gasteiger partial charge in [0.1, 0.15) is 42.0 Å². The normalized spacial score (nSPS) is 29.1. The molecule has 272 valence electrons. The number of methoxy groups -OCH3 is 1. The van der Waals surface area contributed by atoms with E-state index in [1.807, 2.05) is 6.20 Å². The predicted molar refractivity (Wildman–Crippen MR) is 166 cm³/mol. The van der Waals surface area contributed by atoms with Crippen LogP contribution in [0.25, 0.3) is 11.3 Å². The molecule has 1 aromatic carbocycles. The van der Waals surface area contributed by atoms with Crippen molar-refractivity contribution < 1.29 is 56.3 Å². The molecule has 3 fully saturated rings. The Balaban J connectivity index is 1.29. The first-order valence-corrected chi connectivity index (χ1v) is 16.9. The van der Waals surface area contributed by atoms with Gasteiger partial charge in [-0.3, -0.25) is 9.59 Å². The van der Waals surface area contributed by atoms with Crippen molar-refractivity contribution in [3.8, 4) is 11.3 Å². The highest BCUT2D eigenvalue weighted by Crippen LogP contribution is 2.42. The van der Waals surface area contributed by atoms with Crippen molar-refractivity contribution in [2.45, 2.75) is 79.8 Å². The number of esters is 2. The fraction of sp³-hybridized carbons (Fsp3) is 0.613. The fourth-order valence-corrected chi connectivity index (χ4v) is 7.89. The SMILES string of the molecule is COC1C(SC2COCC(n3cc(C4CCOCC4)nn3)C2O)OC(COC(C)=O)C(OC(C)=O)C1n1cc(-c2cc(F)c(F)c(F)c2)nn1. The summed E-state index contributed by atoms with van der Waals surface area (Å²) in [5, 5.41) is 27.9. The van der Waals surface area contributed by atoms with Crippen molar-refractivity contribution in [3.05, 3.63) is 47.7 Å². The second-order valence-corrected chi connectivity index (χ2v) is 13.6. The smallest absolute Gasteiger partial charge is 0.303 e. The molecule has 0 radical (unpaired) electrons. The Kier molecular flexibility index (Phi) is 11.4. The summed E-state index contributed by atoms with van der Waals surface area (Å²) in [6.07, 6.45) is 0.671. The summed E-state index contributed by atoms with van der Waals surface area (Å²) >= 11 is 1.20. The number of aliphatic hydroxyl groups excluding tert-OH is 1. The molecule has 3 saturated heterocycles. The molecule has 0 bridgehead atoms. The molecule has 8 atom stereocenters. The van der Waals surface area contributed by atoms with E-state index in [1.165, 1.54) is 43.6 Å². The van der Waals surface area contributed by atoms with Crippen LogP contribution in [0.2, 0.25) is 0 Å². The molecule has 0 aliphatic carbocycles. The highest BCUT2D eigenvalue weighted by atomic mass is 32.2. The van der Waals surface area contributed by atoms with Crippen molar-refractivity contribution in [1.29, 1.82) is 0 Å². The summed E-state index contributed by atoms with van der Waals surface area (Å²) < 4.78 is 79.4. The molecule has 19 heteroatoms. The zero-order chi connectivity index (χ0) is 35.5. The molecule has 50 heavy (non-hydrogen) atoms. The van der Waals surface area contributed by atoms with Gasteiger partial charge in [0.25, 0.3) is 0 Å². The maximum absolute atomic E-state index is 14.1. The second kappa shape index (κ2) is 15.7. The Morgan fingerprint density at radius 2 is 1.70 bits per heavy atom. The Hall–Kier alpha value is -3.62. The van der Waals surface area contributed by atoms with Crippen LogP contribution in [0, 0.1) is 17.5 Å². The highest BCUT2D eigenvalue weighted by molar-refractivity contribution is 8.00. The molecule has 0 saturated carbocycles. The minimum absolute atomic E-state index is 0.0154. The van der Waals surface area contributed by atoms with Gasteiger partial charge >= 0.3 is 11.9 Å². The van der Waals surface area contributed by atoms with Gasteiger partial charge in [-0.25, -0.2) is 22.5 Å². The molecule has 0 spiro atoms. The third-order valence-electron chi connectivity index (χ3n) is 8.90. The molecule has 3 aromatic rings. The number of ether oxygens (including phenoxy) is 6. The number of carbonyl (C=O) groups excluding carboxylic acids is 2. The van der Waals surface area contributed by atoms with Gasteiger partial charge < -0.3 is 33.5 Å². The Morgan fingerprint density at radius 3 is 2.38 bits per heavy atom. The van der Waals surface area contributed by atoms with Crippen LogP contribution in [0.1, 0.15) is 50.4 Å². The lowest BCUT2D eigenvalue weighted by atomic mass is 9.96. The first-order chi connectivity index (χ1) is 24.0. The fourth-order valence-electron chi connectivity index (χ4n) is 6.39. The highest BCUT2D eigenvalue weighted by Gasteiger charge is 2.52. The van der Waals surface area contributed by atoms with Gasteiger partial charge in [0.2, 0.25) is 0 Å². The molecule has 0 amide bonds. The van der Waals surface area contributed by atoms with E-state index in [-0.39, 0.29) is 37.0 Å². The van der Waals surface area contributed by atoms with Crippen molar-refractivity contribution in [1.82, 2.24) is 30.0 Å². The Morgan fingerprint density at radius 1 is 0.980 bits per heavy atom. The maximum atomic E-state index is 14.1. The number of thioether (sulfide) groups is 1. The number of hydrogen-bond donors (Lipinski definition) is 1. The van der Waals surface area contributed by atoms with Gasteiger partial charge in [-0.2, -0.15) is 0 Å². The second-order valence-electron chi connectivity index (χ2n) is 12.2. The Labute approximate surface area is 288 Å². The number of aromatic nitrogens is 6. The van der Waals surface area contributed by atoms with Crippen LogP contribution in [0.3, 0.4) is 0 Å². The number of benzene rings is 1. The zero-order valence-corrected chi connectivity index (χ0v) is 28.2. The molecule has 6 rings (SSSR count). The van der Waals surface area contributed by atoms with Crippen LogP contribution >= 0.6 is 11.8 Å². The molecule has 3 aliphatic heterocycles. The van der Waals surface area contributed by atoms with Crippen molar-refractivity contribution in [2.24, 2.45) is 0 Å². The number of halogens is 3. The van der Waals surface area contributed by atoms with Crippen molar-refractivity contribution in [2.75, 3.05) is 40.1 Å². The summed E-state index contributed by atoms with van der Waals surface area (Å²) in [5.41, 5.74) is -0.197. The van der Waals surface area contributed by atoms with Crippen LogP contribution in [0.5, 0.6) is 0 Å².